The molecule has 0 fully saturated rings. The smallest absolute Gasteiger partial charge is 0.134 e. The normalized spacial score (nSPS) is 10.3. The van der Waals surface area contributed by atoms with Gasteiger partial charge in [0.25, 0.3) is 0 Å². The van der Waals surface area contributed by atoms with Crippen LogP contribution in [0.2, 0.25) is 0 Å². The molecule has 0 unspecified atom stereocenters. The number of hydrogen-bond acceptors (Lipinski definition) is 5. The minimum absolute atomic E-state index is 0.703. The number of aromatic nitrogens is 2. The molecule has 0 bridgehead atoms. The van der Waals surface area contributed by atoms with E-state index in [2.05, 4.69) is 15.3 Å². The summed E-state index contributed by atoms with van der Waals surface area (Å²) in [5, 5.41) is 3.30. The van der Waals surface area contributed by atoms with Gasteiger partial charge in [-0.3, -0.25) is 0 Å². The van der Waals surface area contributed by atoms with Gasteiger partial charge in [0.1, 0.15) is 23.1 Å². The Labute approximate surface area is 141 Å². The van der Waals surface area contributed by atoms with Crippen LogP contribution in [0.5, 0.6) is 11.5 Å². The van der Waals surface area contributed by atoms with Gasteiger partial charge in [0, 0.05) is 23.4 Å². The Kier molecular flexibility index (Phi) is 4.61. The molecule has 1 aromatic heterocycles. The Hall–Kier alpha value is -3.08. The quantitative estimate of drug-likeness (QED) is 0.763. The molecule has 5 heteroatoms. The average Bonchev–Trinajstić information content (AvgIpc) is 2.61. The summed E-state index contributed by atoms with van der Waals surface area (Å²) in [4.78, 5) is 8.97. The molecule has 0 saturated heterocycles. The van der Waals surface area contributed by atoms with Gasteiger partial charge >= 0.3 is 0 Å². The maximum atomic E-state index is 5.25. The summed E-state index contributed by atoms with van der Waals surface area (Å²) >= 11 is 0. The molecule has 122 valence electrons. The van der Waals surface area contributed by atoms with Crippen molar-refractivity contribution >= 4 is 11.5 Å². The fourth-order valence-corrected chi connectivity index (χ4v) is 2.39. The topological polar surface area (TPSA) is 56.3 Å². The highest BCUT2D eigenvalue weighted by atomic mass is 16.5. The fraction of sp³-hybridized carbons (Fsp3) is 0.158. The Morgan fingerprint density at radius 3 is 2.29 bits per heavy atom. The highest BCUT2D eigenvalue weighted by Crippen LogP contribution is 2.25. The van der Waals surface area contributed by atoms with Crippen molar-refractivity contribution in [3.05, 3.63) is 60.4 Å². The van der Waals surface area contributed by atoms with Crippen molar-refractivity contribution in [2.45, 2.75) is 6.92 Å². The third kappa shape index (κ3) is 3.63. The molecule has 0 aliphatic rings. The van der Waals surface area contributed by atoms with Gasteiger partial charge in [0.2, 0.25) is 0 Å². The molecule has 5 nitrogen and oxygen atoms in total. The second-order valence-corrected chi connectivity index (χ2v) is 5.27. The van der Waals surface area contributed by atoms with Crippen LogP contribution in [0, 0.1) is 6.92 Å². The van der Waals surface area contributed by atoms with Gasteiger partial charge in [-0.25, -0.2) is 9.97 Å². The van der Waals surface area contributed by atoms with E-state index >= 15 is 0 Å². The number of anilines is 2. The molecule has 0 radical (unpaired) electrons. The Balaban J connectivity index is 1.90. The minimum atomic E-state index is 0.703. The molecule has 2 aromatic carbocycles. The molecule has 0 aliphatic heterocycles. The van der Waals surface area contributed by atoms with Gasteiger partial charge < -0.3 is 14.8 Å². The molecule has 24 heavy (non-hydrogen) atoms. The number of nitrogens with zero attached hydrogens (tertiary/aromatic N) is 2. The zero-order valence-electron chi connectivity index (χ0n) is 13.9. The molecule has 0 spiro atoms. The predicted octanol–water partition coefficient (Wildman–Crippen LogP) is 4.21. The Morgan fingerprint density at radius 2 is 1.58 bits per heavy atom. The highest BCUT2D eigenvalue weighted by molar-refractivity contribution is 5.66. The molecule has 3 aromatic rings. The average molecular weight is 321 g/mol. The predicted molar refractivity (Wildman–Crippen MR) is 95.0 cm³/mol. The largest absolute Gasteiger partial charge is 0.497 e. The number of rotatable bonds is 5. The zero-order chi connectivity index (χ0) is 16.9. The summed E-state index contributed by atoms with van der Waals surface area (Å²) in [6.07, 6.45) is 0. The van der Waals surface area contributed by atoms with Gasteiger partial charge in [-0.1, -0.05) is 6.07 Å². The maximum Gasteiger partial charge on any atom is 0.134 e. The second kappa shape index (κ2) is 7.00. The number of hydrogen-bond donors (Lipinski definition) is 1. The van der Waals surface area contributed by atoms with Crippen molar-refractivity contribution in [3.8, 4) is 22.8 Å². The molecule has 1 heterocycles. The molecule has 3 rings (SSSR count). The molecule has 0 aliphatic carbocycles. The van der Waals surface area contributed by atoms with Crippen LogP contribution >= 0.6 is 0 Å². The van der Waals surface area contributed by atoms with Crippen LogP contribution in [0.25, 0.3) is 11.3 Å². The Morgan fingerprint density at radius 1 is 0.833 bits per heavy atom. The first-order valence-corrected chi connectivity index (χ1v) is 7.59. The summed E-state index contributed by atoms with van der Waals surface area (Å²) in [6.45, 7) is 1.88. The van der Waals surface area contributed by atoms with E-state index in [4.69, 9.17) is 9.47 Å². The van der Waals surface area contributed by atoms with Crippen molar-refractivity contribution < 1.29 is 9.47 Å². The van der Waals surface area contributed by atoms with Gasteiger partial charge in [-0.2, -0.15) is 0 Å². The standard InChI is InChI=1S/C19H19N3O2/c1-13-20-18(14-7-9-16(23-2)10-8-14)12-19(21-13)22-15-5-4-6-17(11-15)24-3/h4-12H,1-3H3,(H,20,21,22). The number of nitrogens with one attached hydrogen (secondary N) is 1. The summed E-state index contributed by atoms with van der Waals surface area (Å²) in [6, 6.07) is 17.4. The number of benzene rings is 2. The van der Waals surface area contributed by atoms with Gasteiger partial charge in [0.15, 0.2) is 0 Å². The van der Waals surface area contributed by atoms with E-state index in [1.807, 2.05) is 61.5 Å². The summed E-state index contributed by atoms with van der Waals surface area (Å²) in [5.74, 6) is 3.05. The second-order valence-electron chi connectivity index (χ2n) is 5.27. The van der Waals surface area contributed by atoms with E-state index in [0.29, 0.717) is 5.82 Å². The van der Waals surface area contributed by atoms with Crippen LogP contribution in [0.3, 0.4) is 0 Å². The third-order valence-electron chi connectivity index (χ3n) is 3.57. The molecule has 1 N–H and O–H groups in total. The first kappa shape index (κ1) is 15.8. The lowest BCUT2D eigenvalue weighted by molar-refractivity contribution is 0.415. The van der Waals surface area contributed by atoms with E-state index in [1.54, 1.807) is 14.2 Å². The van der Waals surface area contributed by atoms with Gasteiger partial charge in [-0.15, -0.1) is 0 Å². The van der Waals surface area contributed by atoms with Crippen LogP contribution in [0.1, 0.15) is 5.82 Å². The van der Waals surface area contributed by atoms with Crippen LogP contribution in [0.4, 0.5) is 11.5 Å². The first-order chi connectivity index (χ1) is 11.7. The van der Waals surface area contributed by atoms with Crippen LogP contribution in [-0.4, -0.2) is 24.2 Å². The summed E-state index contributed by atoms with van der Waals surface area (Å²) < 4.78 is 10.4. The van der Waals surface area contributed by atoms with E-state index < -0.39 is 0 Å². The van der Waals surface area contributed by atoms with E-state index in [-0.39, 0.29) is 0 Å². The minimum Gasteiger partial charge on any atom is -0.497 e. The molecule has 0 saturated carbocycles. The van der Waals surface area contributed by atoms with Crippen LogP contribution < -0.4 is 14.8 Å². The van der Waals surface area contributed by atoms with E-state index in [9.17, 15) is 0 Å². The van der Waals surface area contributed by atoms with E-state index in [1.165, 1.54) is 0 Å². The van der Waals surface area contributed by atoms with Crippen LogP contribution in [0.15, 0.2) is 54.6 Å². The van der Waals surface area contributed by atoms with Gasteiger partial charge in [0.05, 0.1) is 19.9 Å². The molecule has 0 atom stereocenters. The van der Waals surface area contributed by atoms with Crippen molar-refractivity contribution in [2.75, 3.05) is 19.5 Å². The number of ether oxygens (including phenoxy) is 2. The molecule has 0 amide bonds. The first-order valence-electron chi connectivity index (χ1n) is 7.59. The Bertz CT molecular complexity index is 832. The third-order valence-corrected chi connectivity index (χ3v) is 3.57. The number of aryl methyl sites for hydroxylation is 1. The maximum absolute atomic E-state index is 5.25. The molecular weight excluding hydrogens is 302 g/mol. The van der Waals surface area contributed by atoms with Crippen molar-refractivity contribution in [3.63, 3.8) is 0 Å². The summed E-state index contributed by atoms with van der Waals surface area (Å²) in [5.41, 5.74) is 2.78. The lowest BCUT2D eigenvalue weighted by Crippen LogP contribution is -1.99. The van der Waals surface area contributed by atoms with Crippen molar-refractivity contribution in [2.24, 2.45) is 0 Å². The van der Waals surface area contributed by atoms with Crippen molar-refractivity contribution in [1.82, 2.24) is 9.97 Å². The lowest BCUT2D eigenvalue weighted by Gasteiger charge is -2.10. The number of methoxy groups -OCH3 is 2. The van der Waals surface area contributed by atoms with Crippen LogP contribution in [-0.2, 0) is 0 Å². The monoisotopic (exact) mass is 321 g/mol. The van der Waals surface area contributed by atoms with Crippen molar-refractivity contribution in [1.29, 1.82) is 0 Å². The SMILES string of the molecule is COc1ccc(-c2cc(Nc3cccc(OC)c3)nc(C)n2)cc1. The zero-order valence-corrected chi connectivity index (χ0v) is 13.9. The lowest BCUT2D eigenvalue weighted by atomic mass is 10.1. The summed E-state index contributed by atoms with van der Waals surface area (Å²) in [7, 11) is 3.30. The van der Waals surface area contributed by atoms with Gasteiger partial charge in [-0.05, 0) is 43.3 Å². The molecular formula is C19H19N3O2. The highest BCUT2D eigenvalue weighted by Gasteiger charge is 2.06. The fourth-order valence-electron chi connectivity index (χ4n) is 2.39. The van der Waals surface area contributed by atoms with E-state index in [0.717, 1.165) is 34.3 Å².